The lowest BCUT2D eigenvalue weighted by Crippen LogP contribution is -2.29. The van der Waals surface area contributed by atoms with Crippen LogP contribution in [0.4, 0.5) is 0 Å². The zero-order chi connectivity index (χ0) is 10.6. The molecule has 1 heterocycles. The Kier molecular flexibility index (Phi) is 3.96. The summed E-state index contributed by atoms with van der Waals surface area (Å²) in [5, 5.41) is 0. The third-order valence-corrected chi connectivity index (χ3v) is 2.45. The minimum Gasteiger partial charge on any atom is -0.498 e. The molecule has 0 aromatic carbocycles. The van der Waals surface area contributed by atoms with E-state index in [9.17, 15) is 0 Å². The van der Waals surface area contributed by atoms with Crippen LogP contribution in [0.3, 0.4) is 0 Å². The van der Waals surface area contributed by atoms with Crippen molar-refractivity contribution in [1.82, 2.24) is 0 Å². The van der Waals surface area contributed by atoms with Crippen molar-refractivity contribution in [3.63, 3.8) is 0 Å². The lowest BCUT2D eigenvalue weighted by atomic mass is 9.98. The van der Waals surface area contributed by atoms with Gasteiger partial charge in [-0.05, 0) is 6.92 Å². The van der Waals surface area contributed by atoms with Gasteiger partial charge in [0.05, 0.1) is 6.61 Å². The first kappa shape index (κ1) is 11.1. The first-order valence-electron chi connectivity index (χ1n) is 5.11. The average molecular weight is 193 g/mol. The van der Waals surface area contributed by atoms with Gasteiger partial charge in [-0.25, -0.2) is 0 Å². The number of hydrogen-bond donors (Lipinski definition) is 1. The molecule has 0 saturated heterocycles. The Hall–Kier alpha value is -1.02. The van der Waals surface area contributed by atoms with Crippen molar-refractivity contribution in [1.29, 1.82) is 0 Å². The Balaban J connectivity index is 2.98. The molecule has 0 aliphatic carbocycles. The van der Waals surface area contributed by atoms with Crippen LogP contribution in [0, 0.1) is 0 Å². The standard InChI is InChI=1S/C12H19NO/c1-4-9(3)8-10-11(13)6-7-14-12(10)5-2/h4,8,11H,1,5-7,13H2,2-3H3/b9-8-. The minimum absolute atomic E-state index is 0.119. The minimum atomic E-state index is 0.119. The normalized spacial score (nSPS) is 23.4. The van der Waals surface area contributed by atoms with Crippen LogP contribution < -0.4 is 5.73 Å². The van der Waals surface area contributed by atoms with Crippen molar-refractivity contribution < 1.29 is 4.74 Å². The molecule has 0 saturated carbocycles. The molecule has 2 N–H and O–H groups in total. The van der Waals surface area contributed by atoms with Gasteiger partial charge < -0.3 is 10.5 Å². The van der Waals surface area contributed by atoms with Crippen molar-refractivity contribution in [2.24, 2.45) is 5.73 Å². The fourth-order valence-corrected chi connectivity index (χ4v) is 1.55. The Morgan fingerprint density at radius 2 is 2.43 bits per heavy atom. The molecule has 0 aromatic heterocycles. The van der Waals surface area contributed by atoms with Gasteiger partial charge >= 0.3 is 0 Å². The van der Waals surface area contributed by atoms with Crippen LogP contribution in [0.2, 0.25) is 0 Å². The highest BCUT2D eigenvalue weighted by Gasteiger charge is 2.18. The molecule has 0 fully saturated rings. The van der Waals surface area contributed by atoms with Crippen molar-refractivity contribution in [3.8, 4) is 0 Å². The Morgan fingerprint density at radius 3 is 3.00 bits per heavy atom. The van der Waals surface area contributed by atoms with Crippen molar-refractivity contribution in [2.75, 3.05) is 6.61 Å². The summed E-state index contributed by atoms with van der Waals surface area (Å²) in [4.78, 5) is 0. The SMILES string of the molecule is C=C/C(C)=C\C1=C(CC)OCCC1N. The number of nitrogens with two attached hydrogens (primary N) is 1. The zero-order valence-electron chi connectivity index (χ0n) is 9.05. The predicted molar refractivity (Wildman–Crippen MR) is 59.8 cm³/mol. The van der Waals surface area contributed by atoms with Gasteiger partial charge in [0.1, 0.15) is 5.76 Å². The molecule has 0 spiro atoms. The molecule has 0 amide bonds. The number of ether oxygens (including phenoxy) is 1. The number of allylic oxidation sites excluding steroid dienone is 3. The van der Waals surface area contributed by atoms with Crippen LogP contribution >= 0.6 is 0 Å². The first-order chi connectivity index (χ1) is 6.69. The Labute approximate surface area is 86.1 Å². The maximum atomic E-state index is 6.03. The van der Waals surface area contributed by atoms with E-state index in [1.807, 2.05) is 13.0 Å². The van der Waals surface area contributed by atoms with E-state index in [2.05, 4.69) is 19.6 Å². The van der Waals surface area contributed by atoms with Gasteiger partial charge in [-0.3, -0.25) is 0 Å². The maximum Gasteiger partial charge on any atom is 0.100 e. The van der Waals surface area contributed by atoms with Gasteiger partial charge in [0.2, 0.25) is 0 Å². The summed E-state index contributed by atoms with van der Waals surface area (Å²) in [7, 11) is 0. The third-order valence-electron chi connectivity index (χ3n) is 2.45. The van der Waals surface area contributed by atoms with Crippen LogP contribution in [-0.2, 0) is 4.74 Å². The van der Waals surface area contributed by atoms with E-state index in [0.717, 1.165) is 36.4 Å². The molecule has 1 rings (SSSR count). The second-order valence-corrected chi connectivity index (χ2v) is 3.57. The van der Waals surface area contributed by atoms with Crippen LogP contribution in [0.1, 0.15) is 26.7 Å². The second-order valence-electron chi connectivity index (χ2n) is 3.57. The highest BCUT2D eigenvalue weighted by Crippen LogP contribution is 2.23. The summed E-state index contributed by atoms with van der Waals surface area (Å²) in [6.45, 7) is 8.58. The molecule has 1 aliphatic rings. The zero-order valence-corrected chi connectivity index (χ0v) is 9.05. The van der Waals surface area contributed by atoms with Gasteiger partial charge in [0, 0.05) is 24.5 Å². The van der Waals surface area contributed by atoms with E-state index in [-0.39, 0.29) is 6.04 Å². The van der Waals surface area contributed by atoms with Crippen molar-refractivity contribution in [2.45, 2.75) is 32.7 Å². The molecule has 1 aliphatic heterocycles. The highest BCUT2D eigenvalue weighted by atomic mass is 16.5. The molecule has 0 aromatic rings. The lowest BCUT2D eigenvalue weighted by Gasteiger charge is -2.24. The number of hydrogen-bond acceptors (Lipinski definition) is 2. The average Bonchev–Trinajstić information content (AvgIpc) is 2.20. The molecule has 14 heavy (non-hydrogen) atoms. The largest absolute Gasteiger partial charge is 0.498 e. The van der Waals surface area contributed by atoms with E-state index in [4.69, 9.17) is 10.5 Å². The Morgan fingerprint density at radius 1 is 1.71 bits per heavy atom. The third kappa shape index (κ3) is 2.48. The summed E-state index contributed by atoms with van der Waals surface area (Å²) in [5.74, 6) is 1.03. The van der Waals surface area contributed by atoms with Crippen molar-refractivity contribution >= 4 is 0 Å². The van der Waals surface area contributed by atoms with Gasteiger partial charge in [0.25, 0.3) is 0 Å². The predicted octanol–water partition coefficient (Wildman–Crippen LogP) is 2.53. The molecule has 1 unspecified atom stereocenters. The smallest absolute Gasteiger partial charge is 0.100 e. The summed E-state index contributed by atoms with van der Waals surface area (Å²) < 4.78 is 5.58. The van der Waals surface area contributed by atoms with Crippen molar-refractivity contribution in [3.05, 3.63) is 35.6 Å². The molecule has 2 nitrogen and oxygen atoms in total. The molecule has 78 valence electrons. The van der Waals surface area contributed by atoms with Crippen LogP contribution in [-0.4, -0.2) is 12.6 Å². The van der Waals surface area contributed by atoms with E-state index in [1.54, 1.807) is 0 Å². The first-order valence-corrected chi connectivity index (χ1v) is 5.11. The monoisotopic (exact) mass is 193 g/mol. The molecule has 0 bridgehead atoms. The van der Waals surface area contributed by atoms with E-state index in [1.165, 1.54) is 0 Å². The lowest BCUT2D eigenvalue weighted by molar-refractivity contribution is 0.175. The maximum absolute atomic E-state index is 6.03. The Bertz CT molecular complexity index is 276. The van der Waals surface area contributed by atoms with Crippen LogP contribution in [0.25, 0.3) is 0 Å². The molecule has 0 radical (unpaired) electrons. The summed E-state index contributed by atoms with van der Waals surface area (Å²) in [6.07, 6.45) is 5.72. The summed E-state index contributed by atoms with van der Waals surface area (Å²) >= 11 is 0. The second kappa shape index (κ2) is 5.01. The fraction of sp³-hybridized carbons (Fsp3) is 0.500. The highest BCUT2D eigenvalue weighted by molar-refractivity contribution is 5.34. The van der Waals surface area contributed by atoms with Gasteiger partial charge in [0.15, 0.2) is 0 Å². The van der Waals surface area contributed by atoms with E-state index < -0.39 is 0 Å². The van der Waals surface area contributed by atoms with E-state index >= 15 is 0 Å². The van der Waals surface area contributed by atoms with Gasteiger partial charge in [-0.1, -0.05) is 31.2 Å². The topological polar surface area (TPSA) is 35.2 Å². The quantitative estimate of drug-likeness (QED) is 0.699. The molecule has 1 atom stereocenters. The summed E-state index contributed by atoms with van der Waals surface area (Å²) in [6, 6.07) is 0.119. The van der Waals surface area contributed by atoms with Crippen LogP contribution in [0.5, 0.6) is 0 Å². The van der Waals surface area contributed by atoms with Gasteiger partial charge in [-0.2, -0.15) is 0 Å². The molecule has 2 heteroatoms. The number of rotatable bonds is 3. The van der Waals surface area contributed by atoms with Gasteiger partial charge in [-0.15, -0.1) is 0 Å². The fourth-order valence-electron chi connectivity index (χ4n) is 1.55. The summed E-state index contributed by atoms with van der Waals surface area (Å²) in [5.41, 5.74) is 8.30. The van der Waals surface area contributed by atoms with Crippen LogP contribution in [0.15, 0.2) is 35.6 Å². The van der Waals surface area contributed by atoms with E-state index in [0.29, 0.717) is 0 Å². The molecular formula is C12H19NO. The molecular weight excluding hydrogens is 174 g/mol.